The number of methoxy groups -OCH3 is 1. The fraction of sp³-hybridized carbons (Fsp3) is 0.933. The van der Waals surface area contributed by atoms with E-state index in [1.165, 1.54) is 32.8 Å². The summed E-state index contributed by atoms with van der Waals surface area (Å²) in [6.45, 7) is 5.77. The van der Waals surface area contributed by atoms with Crippen molar-refractivity contribution in [2.45, 2.75) is 64.5 Å². The molecule has 0 aromatic carbocycles. The van der Waals surface area contributed by atoms with Crippen LogP contribution in [0.25, 0.3) is 0 Å². The molecule has 1 aliphatic heterocycles. The van der Waals surface area contributed by atoms with Crippen molar-refractivity contribution in [3.05, 3.63) is 0 Å². The quantitative estimate of drug-likeness (QED) is 0.709. The van der Waals surface area contributed by atoms with Crippen LogP contribution in [0.3, 0.4) is 0 Å². The van der Waals surface area contributed by atoms with Crippen molar-refractivity contribution in [3.8, 4) is 0 Å². The standard InChI is InChI=1S/C15H27NO2/c1-11-8-12(2)10-13(9-11)16-7-5-4-6-14(16)15(17)18-3/h11-14H,4-10H2,1-3H3/t11?,12?,13?,14-/m1/s1. The van der Waals surface area contributed by atoms with Gasteiger partial charge < -0.3 is 4.74 Å². The van der Waals surface area contributed by atoms with Gasteiger partial charge in [0.05, 0.1) is 7.11 Å². The van der Waals surface area contributed by atoms with E-state index < -0.39 is 0 Å². The number of piperidine rings is 1. The summed E-state index contributed by atoms with van der Waals surface area (Å²) >= 11 is 0. The van der Waals surface area contributed by atoms with Gasteiger partial charge >= 0.3 is 5.97 Å². The summed E-state index contributed by atoms with van der Waals surface area (Å²) in [4.78, 5) is 14.4. The lowest BCUT2D eigenvalue weighted by molar-refractivity contribution is -0.150. The summed E-state index contributed by atoms with van der Waals surface area (Å²) in [7, 11) is 1.52. The number of likely N-dealkylation sites (tertiary alicyclic amines) is 1. The molecule has 104 valence electrons. The van der Waals surface area contributed by atoms with E-state index in [1.807, 2.05) is 0 Å². The van der Waals surface area contributed by atoms with Crippen molar-refractivity contribution >= 4 is 5.97 Å². The molecular weight excluding hydrogens is 226 g/mol. The van der Waals surface area contributed by atoms with Gasteiger partial charge in [-0.05, 0) is 50.5 Å². The molecule has 2 fully saturated rings. The molecule has 1 heterocycles. The Morgan fingerprint density at radius 3 is 2.39 bits per heavy atom. The van der Waals surface area contributed by atoms with E-state index in [4.69, 9.17) is 4.74 Å². The van der Waals surface area contributed by atoms with E-state index in [1.54, 1.807) is 0 Å². The molecule has 0 aromatic heterocycles. The van der Waals surface area contributed by atoms with Crippen LogP contribution < -0.4 is 0 Å². The van der Waals surface area contributed by atoms with Gasteiger partial charge in [-0.25, -0.2) is 0 Å². The molecule has 2 aliphatic rings. The zero-order valence-corrected chi connectivity index (χ0v) is 12.0. The Hall–Kier alpha value is -0.570. The maximum Gasteiger partial charge on any atom is 0.323 e. The molecule has 1 saturated carbocycles. The number of hydrogen-bond donors (Lipinski definition) is 0. The number of nitrogens with zero attached hydrogens (tertiary/aromatic N) is 1. The lowest BCUT2D eigenvalue weighted by Gasteiger charge is -2.44. The second-order valence-electron chi connectivity index (χ2n) is 6.34. The molecule has 0 N–H and O–H groups in total. The summed E-state index contributed by atoms with van der Waals surface area (Å²) < 4.78 is 4.98. The predicted octanol–water partition coefficient (Wildman–Crippen LogP) is 2.84. The number of ether oxygens (including phenoxy) is 1. The first-order valence-electron chi connectivity index (χ1n) is 7.45. The third-order valence-electron chi connectivity index (χ3n) is 4.64. The fourth-order valence-corrected chi connectivity index (χ4v) is 3.96. The van der Waals surface area contributed by atoms with Gasteiger partial charge in [-0.15, -0.1) is 0 Å². The zero-order chi connectivity index (χ0) is 13.1. The molecule has 2 rings (SSSR count). The van der Waals surface area contributed by atoms with E-state index in [2.05, 4.69) is 18.7 Å². The molecule has 2 unspecified atom stereocenters. The van der Waals surface area contributed by atoms with Gasteiger partial charge in [0.15, 0.2) is 0 Å². The maximum absolute atomic E-state index is 11.9. The van der Waals surface area contributed by atoms with Crippen molar-refractivity contribution in [1.29, 1.82) is 0 Å². The predicted molar refractivity (Wildman–Crippen MR) is 72.3 cm³/mol. The van der Waals surface area contributed by atoms with E-state index in [-0.39, 0.29) is 12.0 Å². The van der Waals surface area contributed by atoms with Crippen LogP contribution in [0.1, 0.15) is 52.4 Å². The first-order chi connectivity index (χ1) is 8.61. The van der Waals surface area contributed by atoms with Crippen LogP contribution in [0.15, 0.2) is 0 Å². The van der Waals surface area contributed by atoms with Crippen LogP contribution >= 0.6 is 0 Å². The SMILES string of the molecule is COC(=O)[C@H]1CCCCN1C1CC(C)CC(C)C1. The highest BCUT2D eigenvalue weighted by Gasteiger charge is 2.37. The zero-order valence-electron chi connectivity index (χ0n) is 12.0. The molecule has 0 bridgehead atoms. The number of carbonyl (C=O) groups excluding carboxylic acids is 1. The van der Waals surface area contributed by atoms with Crippen molar-refractivity contribution in [3.63, 3.8) is 0 Å². The maximum atomic E-state index is 11.9. The average molecular weight is 253 g/mol. The van der Waals surface area contributed by atoms with Crippen LogP contribution in [-0.2, 0) is 9.53 Å². The Kier molecular flexibility index (Phi) is 4.66. The minimum Gasteiger partial charge on any atom is -0.468 e. The van der Waals surface area contributed by atoms with Crippen LogP contribution in [0.2, 0.25) is 0 Å². The van der Waals surface area contributed by atoms with Gasteiger partial charge in [-0.3, -0.25) is 9.69 Å². The highest BCUT2D eigenvalue weighted by atomic mass is 16.5. The largest absolute Gasteiger partial charge is 0.468 e. The minimum atomic E-state index is -0.0272. The Morgan fingerprint density at radius 1 is 1.11 bits per heavy atom. The van der Waals surface area contributed by atoms with Crippen LogP contribution in [-0.4, -0.2) is 36.6 Å². The Labute approximate surface area is 111 Å². The summed E-state index contributed by atoms with van der Waals surface area (Å²) in [6, 6.07) is 0.611. The number of carbonyl (C=O) groups is 1. The average Bonchev–Trinajstić information content (AvgIpc) is 2.36. The molecule has 1 saturated heterocycles. The third kappa shape index (κ3) is 3.05. The number of hydrogen-bond acceptors (Lipinski definition) is 3. The summed E-state index contributed by atoms with van der Waals surface area (Å²) in [5.41, 5.74) is 0. The topological polar surface area (TPSA) is 29.5 Å². The van der Waals surface area contributed by atoms with Crippen LogP contribution in [0, 0.1) is 11.8 Å². The summed E-state index contributed by atoms with van der Waals surface area (Å²) in [6.07, 6.45) is 7.20. The van der Waals surface area contributed by atoms with Gasteiger partial charge in [-0.1, -0.05) is 20.3 Å². The second kappa shape index (κ2) is 6.05. The van der Waals surface area contributed by atoms with E-state index in [9.17, 15) is 4.79 Å². The molecule has 3 heteroatoms. The molecule has 0 radical (unpaired) electrons. The summed E-state index contributed by atoms with van der Waals surface area (Å²) in [5, 5.41) is 0. The van der Waals surface area contributed by atoms with Crippen LogP contribution in [0.5, 0.6) is 0 Å². The molecule has 0 spiro atoms. The Morgan fingerprint density at radius 2 is 1.78 bits per heavy atom. The number of esters is 1. The minimum absolute atomic E-state index is 0.0197. The number of rotatable bonds is 2. The van der Waals surface area contributed by atoms with Gasteiger partial charge in [0.2, 0.25) is 0 Å². The monoisotopic (exact) mass is 253 g/mol. The van der Waals surface area contributed by atoms with E-state index in [0.717, 1.165) is 31.2 Å². The van der Waals surface area contributed by atoms with Gasteiger partial charge in [0.25, 0.3) is 0 Å². The first kappa shape index (κ1) is 13.9. The van der Waals surface area contributed by atoms with Crippen molar-refractivity contribution in [2.24, 2.45) is 11.8 Å². The second-order valence-corrected chi connectivity index (χ2v) is 6.34. The molecule has 3 nitrogen and oxygen atoms in total. The van der Waals surface area contributed by atoms with Gasteiger partial charge in [0.1, 0.15) is 6.04 Å². The highest BCUT2D eigenvalue weighted by molar-refractivity contribution is 5.75. The smallest absolute Gasteiger partial charge is 0.323 e. The lowest BCUT2D eigenvalue weighted by Crippen LogP contribution is -2.52. The van der Waals surface area contributed by atoms with Crippen molar-refractivity contribution in [2.75, 3.05) is 13.7 Å². The van der Waals surface area contributed by atoms with Gasteiger partial charge in [0, 0.05) is 6.04 Å². The van der Waals surface area contributed by atoms with Crippen LogP contribution in [0.4, 0.5) is 0 Å². The van der Waals surface area contributed by atoms with Crippen molar-refractivity contribution in [1.82, 2.24) is 4.90 Å². The molecule has 3 atom stereocenters. The Balaban J connectivity index is 2.05. The fourth-order valence-electron chi connectivity index (χ4n) is 3.96. The molecular formula is C15H27NO2. The third-order valence-corrected chi connectivity index (χ3v) is 4.64. The first-order valence-corrected chi connectivity index (χ1v) is 7.45. The lowest BCUT2D eigenvalue weighted by atomic mass is 9.78. The van der Waals surface area contributed by atoms with Crippen molar-refractivity contribution < 1.29 is 9.53 Å². The normalized spacial score (nSPS) is 38.4. The molecule has 18 heavy (non-hydrogen) atoms. The molecule has 0 aromatic rings. The summed E-state index contributed by atoms with van der Waals surface area (Å²) in [5.74, 6) is 1.55. The van der Waals surface area contributed by atoms with Gasteiger partial charge in [-0.2, -0.15) is 0 Å². The highest BCUT2D eigenvalue weighted by Crippen LogP contribution is 2.34. The van der Waals surface area contributed by atoms with E-state index in [0.29, 0.717) is 6.04 Å². The van der Waals surface area contributed by atoms with E-state index >= 15 is 0 Å². The Bertz CT molecular complexity index is 282. The molecule has 0 amide bonds. The molecule has 1 aliphatic carbocycles.